The summed E-state index contributed by atoms with van der Waals surface area (Å²) in [6.07, 6.45) is 5.54. The van der Waals surface area contributed by atoms with Crippen LogP contribution in [0.15, 0.2) is 73.2 Å². The third kappa shape index (κ3) is 3.95. The lowest BCUT2D eigenvalue weighted by Crippen LogP contribution is -2.09. The van der Waals surface area contributed by atoms with Gasteiger partial charge >= 0.3 is 5.97 Å². The predicted molar refractivity (Wildman–Crippen MR) is 103 cm³/mol. The van der Waals surface area contributed by atoms with Crippen molar-refractivity contribution in [3.8, 4) is 11.3 Å². The Bertz CT molecular complexity index is 1070. The van der Waals surface area contributed by atoms with E-state index in [1.54, 1.807) is 6.20 Å². The molecule has 0 spiro atoms. The molecule has 2 N–H and O–H groups in total. The average Bonchev–Trinajstić information content (AvgIpc) is 3.11. The Morgan fingerprint density at radius 2 is 1.78 bits per heavy atom. The molecule has 6 nitrogen and oxygen atoms in total. The van der Waals surface area contributed by atoms with E-state index >= 15 is 0 Å². The molecule has 4 rings (SSSR count). The van der Waals surface area contributed by atoms with E-state index in [-0.39, 0.29) is 19.0 Å². The zero-order valence-electron chi connectivity index (χ0n) is 14.6. The smallest absolute Gasteiger partial charge is 0.310 e. The number of rotatable bonds is 5. The second-order valence-corrected chi connectivity index (χ2v) is 6.24. The fourth-order valence-electron chi connectivity index (χ4n) is 2.77. The minimum atomic E-state index is -0.293. The first-order valence-corrected chi connectivity index (χ1v) is 8.56. The van der Waals surface area contributed by atoms with Gasteiger partial charge in [0, 0.05) is 29.8 Å². The summed E-state index contributed by atoms with van der Waals surface area (Å²) >= 11 is 0. The van der Waals surface area contributed by atoms with E-state index in [0.717, 1.165) is 22.4 Å². The first-order chi connectivity index (χ1) is 13.2. The van der Waals surface area contributed by atoms with Gasteiger partial charge in [-0.05, 0) is 23.3 Å². The molecule has 2 heterocycles. The van der Waals surface area contributed by atoms with Gasteiger partial charge in [0.25, 0.3) is 0 Å². The van der Waals surface area contributed by atoms with Crippen molar-refractivity contribution in [1.29, 1.82) is 0 Å². The van der Waals surface area contributed by atoms with Crippen LogP contribution in [-0.2, 0) is 22.6 Å². The number of hydrogen-bond acceptors (Lipinski definition) is 5. The number of benzene rings is 2. The Hall–Kier alpha value is -3.67. The van der Waals surface area contributed by atoms with Gasteiger partial charge < -0.3 is 10.5 Å². The van der Waals surface area contributed by atoms with E-state index in [0.29, 0.717) is 11.5 Å². The monoisotopic (exact) mass is 358 g/mol. The van der Waals surface area contributed by atoms with E-state index in [9.17, 15) is 4.79 Å². The number of nitrogen functional groups attached to an aromatic ring is 1. The Kier molecular flexibility index (Phi) is 4.53. The van der Waals surface area contributed by atoms with Gasteiger partial charge in [0.15, 0.2) is 0 Å². The lowest BCUT2D eigenvalue weighted by molar-refractivity contribution is -0.144. The van der Waals surface area contributed by atoms with Crippen LogP contribution in [0.25, 0.3) is 17.0 Å². The molecule has 0 bridgehead atoms. The Labute approximate surface area is 156 Å². The zero-order chi connectivity index (χ0) is 18.6. The summed E-state index contributed by atoms with van der Waals surface area (Å²) < 4.78 is 7.14. The largest absolute Gasteiger partial charge is 0.461 e. The van der Waals surface area contributed by atoms with Crippen molar-refractivity contribution in [3.63, 3.8) is 0 Å². The van der Waals surface area contributed by atoms with Gasteiger partial charge in [-0.25, -0.2) is 9.97 Å². The minimum Gasteiger partial charge on any atom is -0.461 e. The van der Waals surface area contributed by atoms with E-state index < -0.39 is 0 Å². The summed E-state index contributed by atoms with van der Waals surface area (Å²) in [5, 5.41) is 0. The molecule has 6 heteroatoms. The molecular formula is C21H18N4O2. The molecule has 0 aliphatic heterocycles. The Morgan fingerprint density at radius 3 is 2.56 bits per heavy atom. The van der Waals surface area contributed by atoms with E-state index in [2.05, 4.69) is 9.97 Å². The predicted octanol–water partition coefficient (Wildman–Crippen LogP) is 3.26. The number of fused-ring (bicyclic) bond motifs is 1. The Balaban J connectivity index is 1.46. The molecule has 0 amide bonds. The normalized spacial score (nSPS) is 10.8. The highest BCUT2D eigenvalue weighted by Gasteiger charge is 2.09. The van der Waals surface area contributed by atoms with Crippen molar-refractivity contribution >= 4 is 17.4 Å². The maximum Gasteiger partial charge on any atom is 0.310 e. The number of hydrogen-bond donors (Lipinski definition) is 1. The van der Waals surface area contributed by atoms with Gasteiger partial charge in [-0.15, -0.1) is 0 Å². The third-order valence-electron chi connectivity index (χ3n) is 4.16. The number of aromatic nitrogens is 3. The molecule has 0 radical (unpaired) electrons. The zero-order valence-corrected chi connectivity index (χ0v) is 14.6. The first-order valence-electron chi connectivity index (χ1n) is 8.56. The fourth-order valence-corrected chi connectivity index (χ4v) is 2.77. The molecule has 0 unspecified atom stereocenters. The first kappa shape index (κ1) is 16.8. The van der Waals surface area contributed by atoms with Crippen molar-refractivity contribution in [1.82, 2.24) is 14.4 Å². The Morgan fingerprint density at radius 1 is 1.00 bits per heavy atom. The van der Waals surface area contributed by atoms with Crippen LogP contribution in [0.1, 0.15) is 11.1 Å². The highest BCUT2D eigenvalue weighted by molar-refractivity contribution is 5.72. The SMILES string of the molecule is Nc1ccc(-c2cn3cc(CC(=O)OCc4ccccc4)cnc3n2)cc1. The molecule has 0 aliphatic carbocycles. The molecular weight excluding hydrogens is 340 g/mol. The quantitative estimate of drug-likeness (QED) is 0.437. The van der Waals surface area contributed by atoms with Crippen molar-refractivity contribution in [3.05, 3.63) is 84.3 Å². The lowest BCUT2D eigenvalue weighted by atomic mass is 10.1. The molecule has 134 valence electrons. The van der Waals surface area contributed by atoms with E-state index in [4.69, 9.17) is 10.5 Å². The summed E-state index contributed by atoms with van der Waals surface area (Å²) in [4.78, 5) is 20.9. The highest BCUT2D eigenvalue weighted by atomic mass is 16.5. The van der Waals surface area contributed by atoms with Gasteiger partial charge in [0.05, 0.1) is 12.1 Å². The maximum absolute atomic E-state index is 12.1. The summed E-state index contributed by atoms with van der Waals surface area (Å²) in [6.45, 7) is 0.266. The summed E-state index contributed by atoms with van der Waals surface area (Å²) in [5.74, 6) is 0.280. The number of ether oxygens (including phenoxy) is 1. The molecule has 4 aromatic rings. The fraction of sp³-hybridized carbons (Fsp3) is 0.0952. The second-order valence-electron chi connectivity index (χ2n) is 6.24. The van der Waals surface area contributed by atoms with Crippen molar-refractivity contribution in [2.75, 3.05) is 5.73 Å². The number of nitrogens with zero attached hydrogens (tertiary/aromatic N) is 3. The topological polar surface area (TPSA) is 82.5 Å². The van der Waals surface area contributed by atoms with Gasteiger partial charge in [-0.1, -0.05) is 42.5 Å². The highest BCUT2D eigenvalue weighted by Crippen LogP contribution is 2.20. The molecule has 27 heavy (non-hydrogen) atoms. The third-order valence-corrected chi connectivity index (χ3v) is 4.16. The number of imidazole rings is 1. The van der Waals surface area contributed by atoms with Crippen molar-refractivity contribution < 1.29 is 9.53 Å². The number of nitrogens with two attached hydrogens (primary N) is 1. The van der Waals surface area contributed by atoms with Crippen molar-refractivity contribution in [2.24, 2.45) is 0 Å². The number of anilines is 1. The molecule has 0 saturated carbocycles. The van der Waals surface area contributed by atoms with Crippen LogP contribution in [0, 0.1) is 0 Å². The summed E-state index contributed by atoms with van der Waals surface area (Å²) in [5.41, 5.74) is 9.91. The molecule has 0 saturated heterocycles. The van der Waals surface area contributed by atoms with E-state index in [1.807, 2.05) is 71.4 Å². The van der Waals surface area contributed by atoms with Crippen LogP contribution in [0.2, 0.25) is 0 Å². The van der Waals surface area contributed by atoms with E-state index in [1.165, 1.54) is 0 Å². The van der Waals surface area contributed by atoms with Crippen LogP contribution < -0.4 is 5.73 Å². The molecule has 0 atom stereocenters. The van der Waals surface area contributed by atoms with Crippen LogP contribution >= 0.6 is 0 Å². The maximum atomic E-state index is 12.1. The average molecular weight is 358 g/mol. The lowest BCUT2D eigenvalue weighted by Gasteiger charge is -2.05. The van der Waals surface area contributed by atoms with Gasteiger partial charge in [0.1, 0.15) is 6.61 Å². The summed E-state index contributed by atoms with van der Waals surface area (Å²) in [7, 11) is 0. The van der Waals surface area contributed by atoms with Crippen LogP contribution in [-0.4, -0.2) is 20.3 Å². The van der Waals surface area contributed by atoms with Crippen molar-refractivity contribution in [2.45, 2.75) is 13.0 Å². The molecule has 0 aliphatic rings. The van der Waals surface area contributed by atoms with Crippen LogP contribution in [0.3, 0.4) is 0 Å². The number of carbonyl (C=O) groups excluding carboxylic acids is 1. The van der Waals surface area contributed by atoms with Gasteiger partial charge in [-0.3, -0.25) is 9.20 Å². The van der Waals surface area contributed by atoms with Crippen LogP contribution in [0.5, 0.6) is 0 Å². The number of esters is 1. The molecule has 2 aromatic carbocycles. The molecule has 2 aromatic heterocycles. The minimum absolute atomic E-state index is 0.158. The summed E-state index contributed by atoms with van der Waals surface area (Å²) in [6, 6.07) is 17.1. The van der Waals surface area contributed by atoms with Crippen LogP contribution in [0.4, 0.5) is 5.69 Å². The number of carbonyl (C=O) groups is 1. The second kappa shape index (κ2) is 7.29. The molecule has 0 fully saturated rings. The van der Waals surface area contributed by atoms with Gasteiger partial charge in [-0.2, -0.15) is 0 Å². The van der Waals surface area contributed by atoms with Gasteiger partial charge in [0.2, 0.25) is 5.78 Å². The standard InChI is InChI=1S/C21H18N4O2/c22-18-8-6-17(7-9-18)19-13-25-12-16(11-23-21(25)24-19)10-20(26)27-14-15-4-2-1-3-5-15/h1-9,11-13H,10,14,22H2.